The van der Waals surface area contributed by atoms with Crippen molar-refractivity contribution >= 4 is 26.5 Å². The summed E-state index contributed by atoms with van der Waals surface area (Å²) in [7, 11) is -19.6. The monoisotopic (exact) mass is 630 g/mol. The van der Waals surface area contributed by atoms with E-state index in [-0.39, 0.29) is 0 Å². The summed E-state index contributed by atoms with van der Waals surface area (Å²) < 4.78 is 128. The molecule has 0 N–H and O–H groups in total. The maximum absolute atomic E-state index is 10.7. The van der Waals surface area contributed by atoms with Crippen LogP contribution in [-0.4, -0.2) is 7.11 Å². The molecule has 0 saturated heterocycles. The van der Waals surface area contributed by atoms with Crippen molar-refractivity contribution in [3.05, 3.63) is 79.0 Å². The van der Waals surface area contributed by atoms with E-state index in [1.807, 2.05) is 12.1 Å². The van der Waals surface area contributed by atoms with Crippen LogP contribution < -0.4 is 13.9 Å². The van der Waals surface area contributed by atoms with Crippen molar-refractivity contribution in [2.45, 2.75) is 13.1 Å². The Kier molecular flexibility index (Phi) is 6.98. The van der Waals surface area contributed by atoms with Gasteiger partial charge in [-0.2, -0.15) is 9.13 Å². The number of pyridine rings is 2. The van der Waals surface area contributed by atoms with Gasteiger partial charge in [0.05, 0.1) is 12.5 Å². The molecule has 0 radical (unpaired) electrons. The van der Waals surface area contributed by atoms with Crippen LogP contribution in [0.5, 0.6) is 5.75 Å². The van der Waals surface area contributed by atoms with Gasteiger partial charge in [0.25, 0.3) is 11.4 Å². The molecule has 17 heteroatoms. The van der Waals surface area contributed by atoms with E-state index in [1.54, 1.807) is 7.11 Å². The van der Waals surface area contributed by atoms with Gasteiger partial charge in [0, 0.05) is 29.8 Å². The second kappa shape index (κ2) is 8.91. The Morgan fingerprint density at radius 1 is 0.625 bits per heavy atom. The van der Waals surface area contributed by atoms with Gasteiger partial charge >= 0.3 is 66.0 Å². The quantitative estimate of drug-likeness (QED) is 0.122. The Labute approximate surface area is 218 Å². The Morgan fingerprint density at radius 2 is 1.15 bits per heavy atom. The third-order valence-corrected chi connectivity index (χ3v) is 5.23. The predicted molar refractivity (Wildman–Crippen MR) is 129 cm³/mol. The molecule has 222 valence electrons. The molecule has 0 amide bonds. The molecule has 3 heterocycles. The van der Waals surface area contributed by atoms with E-state index < -0.39 is 15.6 Å². The minimum atomic E-state index is -10.7. The summed E-state index contributed by atoms with van der Waals surface area (Å²) in [6.45, 7) is 1.99. The van der Waals surface area contributed by atoms with Crippen molar-refractivity contribution in [1.29, 1.82) is 0 Å². The average molecular weight is 630 g/mol. The standard InChI is InChI=1S/C23H20N2O.2F6P/c1-26-18-11-9-17(10-12-18)20-16-23-22-8-4-5-13-24(22)14-15-25(23)21-7-3-2-6-19(20)21;2*1-7(2,3,4,5)6/h2-13,16H,14-15H2,1H3;;/q+2;2*-1. The van der Waals surface area contributed by atoms with E-state index >= 15 is 0 Å². The van der Waals surface area contributed by atoms with E-state index in [0.717, 1.165) is 18.8 Å². The van der Waals surface area contributed by atoms with E-state index in [0.29, 0.717) is 0 Å². The summed E-state index contributed by atoms with van der Waals surface area (Å²) in [6.07, 6.45) is 2.17. The van der Waals surface area contributed by atoms with Gasteiger partial charge in [-0.1, -0.05) is 24.3 Å². The minimum absolute atomic E-state index is 0.881. The SMILES string of the molecule is COc1ccc(-c2cc3[n+](c4ccccc24)CC[n+]2ccccc2-3)cc1.F[P-](F)(F)(F)(F)F.F[P-](F)(F)(F)(F)F. The van der Waals surface area contributed by atoms with Crippen LogP contribution in [0.1, 0.15) is 0 Å². The molecule has 1 aliphatic rings. The van der Waals surface area contributed by atoms with Crippen LogP contribution in [0.25, 0.3) is 33.4 Å². The molecule has 0 unspecified atom stereocenters. The Hall–Kier alpha value is -3.18. The van der Waals surface area contributed by atoms with Gasteiger partial charge in [0.15, 0.2) is 6.20 Å². The van der Waals surface area contributed by atoms with Crippen LogP contribution >= 0.6 is 15.6 Å². The van der Waals surface area contributed by atoms with Gasteiger partial charge in [0.1, 0.15) is 5.75 Å². The third-order valence-electron chi connectivity index (χ3n) is 5.23. The molecule has 0 fully saturated rings. The molecule has 2 aromatic carbocycles. The summed E-state index contributed by atoms with van der Waals surface area (Å²) in [5, 5.41) is 1.28. The summed E-state index contributed by atoms with van der Waals surface area (Å²) in [6, 6.07) is 25.8. The van der Waals surface area contributed by atoms with Gasteiger partial charge in [-0.15, -0.1) is 0 Å². The first-order valence-corrected chi connectivity index (χ1v) is 15.0. The molecule has 0 aliphatic carbocycles. The number of para-hydroxylation sites is 1. The summed E-state index contributed by atoms with van der Waals surface area (Å²) in [5.74, 6) is 0.881. The van der Waals surface area contributed by atoms with Crippen LogP contribution in [0.3, 0.4) is 0 Å². The van der Waals surface area contributed by atoms with Crippen molar-refractivity contribution in [1.82, 2.24) is 0 Å². The van der Waals surface area contributed by atoms with Crippen LogP contribution in [-0.2, 0) is 13.1 Å². The van der Waals surface area contributed by atoms with Crippen molar-refractivity contribution < 1.29 is 64.2 Å². The molecule has 2 aromatic heterocycles. The van der Waals surface area contributed by atoms with Crippen LogP contribution in [0, 0.1) is 0 Å². The van der Waals surface area contributed by atoms with Gasteiger partial charge in [-0.25, -0.2) is 0 Å². The van der Waals surface area contributed by atoms with E-state index in [2.05, 4.69) is 76.0 Å². The number of aromatic nitrogens is 2. The number of methoxy groups -OCH3 is 1. The molecule has 0 saturated carbocycles. The fourth-order valence-corrected chi connectivity index (χ4v) is 3.93. The van der Waals surface area contributed by atoms with Gasteiger partial charge < -0.3 is 4.74 Å². The molecular formula is C23H20F12N2OP2. The van der Waals surface area contributed by atoms with Gasteiger partial charge in [-0.05, 0) is 29.8 Å². The predicted octanol–water partition coefficient (Wildman–Crippen LogP) is 10.5. The zero-order valence-electron chi connectivity index (χ0n) is 20.2. The van der Waals surface area contributed by atoms with E-state index in [1.165, 1.54) is 33.4 Å². The number of hydrogen-bond acceptors (Lipinski definition) is 1. The average Bonchev–Trinajstić information content (AvgIpc) is 2.79. The number of rotatable bonds is 2. The molecule has 3 nitrogen and oxygen atoms in total. The van der Waals surface area contributed by atoms with Crippen LogP contribution in [0.15, 0.2) is 79.0 Å². The Morgan fingerprint density at radius 3 is 1.70 bits per heavy atom. The second-order valence-electron chi connectivity index (χ2n) is 8.54. The van der Waals surface area contributed by atoms with Crippen molar-refractivity contribution in [3.63, 3.8) is 0 Å². The summed E-state index contributed by atoms with van der Waals surface area (Å²) in [5.41, 5.74) is 6.27. The molecule has 4 aromatic rings. The van der Waals surface area contributed by atoms with Crippen LogP contribution in [0.2, 0.25) is 0 Å². The number of hydrogen-bond donors (Lipinski definition) is 0. The van der Waals surface area contributed by atoms with Gasteiger partial charge in [0.2, 0.25) is 18.6 Å². The summed E-state index contributed by atoms with van der Waals surface area (Å²) >= 11 is 0. The molecule has 40 heavy (non-hydrogen) atoms. The number of benzene rings is 2. The van der Waals surface area contributed by atoms with Gasteiger partial charge in [-0.3, -0.25) is 0 Å². The molecule has 0 atom stereocenters. The molecule has 1 aliphatic heterocycles. The number of fused-ring (bicyclic) bond motifs is 5. The first kappa shape index (κ1) is 31.3. The second-order valence-corrected chi connectivity index (χ2v) is 12.4. The maximum atomic E-state index is 9.87. The fraction of sp³-hybridized carbons (Fsp3) is 0.130. The topological polar surface area (TPSA) is 17.0 Å². The molecule has 5 rings (SSSR count). The van der Waals surface area contributed by atoms with E-state index in [9.17, 15) is 50.4 Å². The molecule has 0 bridgehead atoms. The first-order valence-electron chi connectivity index (χ1n) is 11.0. The van der Waals surface area contributed by atoms with Crippen molar-refractivity contribution in [2.24, 2.45) is 0 Å². The number of ether oxygens (including phenoxy) is 1. The summed E-state index contributed by atoms with van der Waals surface area (Å²) in [4.78, 5) is 0. The zero-order chi connectivity index (χ0) is 30.3. The van der Waals surface area contributed by atoms with Crippen molar-refractivity contribution in [3.8, 4) is 28.3 Å². The Bertz CT molecular complexity index is 1510. The molecule has 0 spiro atoms. The van der Waals surface area contributed by atoms with Crippen LogP contribution in [0.4, 0.5) is 50.4 Å². The fourth-order valence-electron chi connectivity index (χ4n) is 3.93. The number of aryl methyl sites for hydroxylation is 2. The zero-order valence-corrected chi connectivity index (χ0v) is 21.9. The third kappa shape index (κ3) is 11.1. The number of halogens is 12. The normalized spacial score (nSPS) is 16.2. The first-order chi connectivity index (χ1) is 17.7. The Balaban J connectivity index is 0.000000263. The number of nitrogens with zero attached hydrogens (tertiary/aromatic N) is 2. The van der Waals surface area contributed by atoms with E-state index in [4.69, 9.17) is 4.74 Å². The molecular weight excluding hydrogens is 610 g/mol. The van der Waals surface area contributed by atoms with Crippen molar-refractivity contribution in [2.75, 3.05) is 7.11 Å².